The summed E-state index contributed by atoms with van der Waals surface area (Å²) in [5, 5.41) is 0. The molecule has 2 rings (SSSR count). The number of methoxy groups -OCH3 is 1. The van der Waals surface area contributed by atoms with Crippen molar-refractivity contribution in [2.45, 2.75) is 26.7 Å². The van der Waals surface area contributed by atoms with Crippen molar-refractivity contribution in [1.82, 2.24) is 4.90 Å². The summed E-state index contributed by atoms with van der Waals surface area (Å²) >= 11 is 0. The molecule has 2 N–H and O–H groups in total. The van der Waals surface area contributed by atoms with Gasteiger partial charge in [-0.2, -0.15) is 0 Å². The Balaban J connectivity index is 2.31. The molecule has 0 aliphatic rings. The van der Waals surface area contributed by atoms with Crippen molar-refractivity contribution in [3.05, 3.63) is 53.6 Å². The van der Waals surface area contributed by atoms with E-state index in [-0.39, 0.29) is 11.9 Å². The average molecular weight is 383 g/mol. The molecule has 0 aliphatic heterocycles. The highest BCUT2D eigenvalue weighted by Crippen LogP contribution is 2.30. The maximum absolute atomic E-state index is 12.9. The number of carbonyl (C=O) groups is 2. The number of nitrogen functional groups attached to an aromatic ring is 1. The topological polar surface area (TPSA) is 75.9 Å². The van der Waals surface area contributed by atoms with E-state index in [1.807, 2.05) is 35.0 Å². The molecule has 0 fully saturated rings. The second-order valence-corrected chi connectivity index (χ2v) is 6.66. The van der Waals surface area contributed by atoms with Gasteiger partial charge >= 0.3 is 5.97 Å². The lowest BCUT2D eigenvalue weighted by molar-refractivity contribution is 0.0600. The minimum Gasteiger partial charge on any atom is -0.465 e. The zero-order chi connectivity index (χ0) is 20.7. The third-order valence-electron chi connectivity index (χ3n) is 4.59. The van der Waals surface area contributed by atoms with Gasteiger partial charge in [0.2, 0.25) is 0 Å². The highest BCUT2D eigenvalue weighted by Gasteiger charge is 2.17. The third kappa shape index (κ3) is 4.82. The first-order valence-electron chi connectivity index (χ1n) is 9.53. The molecule has 0 unspecified atom stereocenters. The van der Waals surface area contributed by atoms with Crippen molar-refractivity contribution in [1.29, 1.82) is 0 Å². The quantitative estimate of drug-likeness (QED) is 0.549. The standard InChI is InChI=1S/C22H29N3O3/c1-5-13-25(14-6-2)21(26)17-9-12-19(23)20(15-17)24(3)18-10-7-16(8-11-18)22(27)28-4/h7-12,15H,5-6,13-14,23H2,1-4H3. The number of anilines is 3. The number of nitrogens with zero attached hydrogens (tertiary/aromatic N) is 2. The summed E-state index contributed by atoms with van der Waals surface area (Å²) in [4.78, 5) is 28.3. The van der Waals surface area contributed by atoms with Crippen molar-refractivity contribution in [2.75, 3.05) is 37.9 Å². The first-order chi connectivity index (χ1) is 13.4. The van der Waals surface area contributed by atoms with Crippen LogP contribution in [0.4, 0.5) is 17.1 Å². The van der Waals surface area contributed by atoms with Gasteiger partial charge in [-0.25, -0.2) is 4.79 Å². The van der Waals surface area contributed by atoms with Crippen molar-refractivity contribution in [3.8, 4) is 0 Å². The lowest BCUT2D eigenvalue weighted by Crippen LogP contribution is -2.32. The molecule has 0 spiro atoms. The first kappa shape index (κ1) is 21.3. The van der Waals surface area contributed by atoms with Crippen molar-refractivity contribution < 1.29 is 14.3 Å². The summed E-state index contributed by atoms with van der Waals surface area (Å²) in [6.07, 6.45) is 1.83. The van der Waals surface area contributed by atoms with E-state index in [0.717, 1.165) is 37.3 Å². The van der Waals surface area contributed by atoms with Crippen LogP contribution in [0.3, 0.4) is 0 Å². The van der Waals surface area contributed by atoms with E-state index in [9.17, 15) is 9.59 Å². The maximum Gasteiger partial charge on any atom is 0.337 e. The van der Waals surface area contributed by atoms with Crippen LogP contribution < -0.4 is 10.6 Å². The van der Waals surface area contributed by atoms with Crippen LogP contribution in [0.5, 0.6) is 0 Å². The van der Waals surface area contributed by atoms with E-state index < -0.39 is 0 Å². The lowest BCUT2D eigenvalue weighted by atomic mass is 10.1. The molecule has 2 aromatic carbocycles. The number of ether oxygens (including phenoxy) is 1. The van der Waals surface area contributed by atoms with Gasteiger partial charge in [0.15, 0.2) is 0 Å². The van der Waals surface area contributed by atoms with Crippen molar-refractivity contribution >= 4 is 28.9 Å². The zero-order valence-corrected chi connectivity index (χ0v) is 17.1. The second-order valence-electron chi connectivity index (χ2n) is 6.66. The highest BCUT2D eigenvalue weighted by atomic mass is 16.5. The zero-order valence-electron chi connectivity index (χ0n) is 17.1. The Labute approximate surface area is 166 Å². The second kappa shape index (κ2) is 9.78. The summed E-state index contributed by atoms with van der Waals surface area (Å²) in [5.41, 5.74) is 9.44. The van der Waals surface area contributed by atoms with Crippen LogP contribution in [0.25, 0.3) is 0 Å². The molecule has 1 amide bonds. The van der Waals surface area contributed by atoms with Gasteiger partial charge in [-0.05, 0) is 55.3 Å². The average Bonchev–Trinajstić information content (AvgIpc) is 2.72. The molecule has 0 radical (unpaired) electrons. The Kier molecular flexibility index (Phi) is 7.44. The minimum absolute atomic E-state index is 0.0133. The van der Waals surface area contributed by atoms with Crippen LogP contribution in [0.2, 0.25) is 0 Å². The normalized spacial score (nSPS) is 10.4. The highest BCUT2D eigenvalue weighted by molar-refractivity contribution is 5.97. The van der Waals surface area contributed by atoms with Gasteiger partial charge in [0.05, 0.1) is 24.0 Å². The molecule has 0 atom stereocenters. The lowest BCUT2D eigenvalue weighted by Gasteiger charge is -2.25. The van der Waals surface area contributed by atoms with Gasteiger partial charge in [0.25, 0.3) is 5.91 Å². The Bertz CT molecular complexity index is 812. The predicted molar refractivity (Wildman–Crippen MR) is 113 cm³/mol. The minimum atomic E-state index is -0.381. The Morgan fingerprint density at radius 3 is 2.07 bits per heavy atom. The van der Waals surface area contributed by atoms with Gasteiger partial charge in [0, 0.05) is 31.4 Å². The molecule has 0 aliphatic carbocycles. The van der Waals surface area contributed by atoms with E-state index >= 15 is 0 Å². The summed E-state index contributed by atoms with van der Waals surface area (Å²) in [6, 6.07) is 12.4. The molecule has 6 nitrogen and oxygen atoms in total. The van der Waals surface area contributed by atoms with Crippen molar-refractivity contribution in [3.63, 3.8) is 0 Å². The molecule has 0 saturated heterocycles. The van der Waals surface area contributed by atoms with E-state index in [1.54, 1.807) is 24.3 Å². The van der Waals surface area contributed by atoms with Gasteiger partial charge in [-0.1, -0.05) is 13.8 Å². The summed E-state index contributed by atoms with van der Waals surface area (Å²) in [6.45, 7) is 5.60. The van der Waals surface area contributed by atoms with E-state index in [1.165, 1.54) is 7.11 Å². The Morgan fingerprint density at radius 2 is 1.54 bits per heavy atom. The van der Waals surface area contributed by atoms with Crippen LogP contribution >= 0.6 is 0 Å². The number of carbonyl (C=O) groups excluding carboxylic acids is 2. The molecule has 0 heterocycles. The van der Waals surface area contributed by atoms with Crippen LogP contribution in [0.1, 0.15) is 47.4 Å². The number of hydrogen-bond donors (Lipinski definition) is 1. The SMILES string of the molecule is CCCN(CCC)C(=O)c1ccc(N)c(N(C)c2ccc(C(=O)OC)cc2)c1. The predicted octanol–water partition coefficient (Wildman–Crippen LogP) is 4.09. The van der Waals surface area contributed by atoms with Crippen LogP contribution in [0.15, 0.2) is 42.5 Å². The molecule has 2 aromatic rings. The monoisotopic (exact) mass is 383 g/mol. The number of hydrogen-bond acceptors (Lipinski definition) is 5. The fraction of sp³-hybridized carbons (Fsp3) is 0.364. The van der Waals surface area contributed by atoms with Crippen molar-refractivity contribution in [2.24, 2.45) is 0 Å². The Morgan fingerprint density at radius 1 is 0.964 bits per heavy atom. The van der Waals surface area contributed by atoms with E-state index in [0.29, 0.717) is 16.8 Å². The number of amides is 1. The summed E-state index contributed by atoms with van der Waals surface area (Å²) in [7, 11) is 3.23. The maximum atomic E-state index is 12.9. The van der Waals surface area contributed by atoms with Gasteiger partial charge < -0.3 is 20.3 Å². The van der Waals surface area contributed by atoms with Gasteiger partial charge in [0.1, 0.15) is 0 Å². The van der Waals surface area contributed by atoms with E-state index in [2.05, 4.69) is 13.8 Å². The third-order valence-corrected chi connectivity index (χ3v) is 4.59. The van der Waals surface area contributed by atoms with Crippen LogP contribution in [-0.2, 0) is 4.74 Å². The number of benzene rings is 2. The Hall–Kier alpha value is -3.02. The molecule has 0 bridgehead atoms. The largest absolute Gasteiger partial charge is 0.465 e. The number of rotatable bonds is 8. The molecular formula is C22H29N3O3. The van der Waals surface area contributed by atoms with Crippen LogP contribution in [-0.4, -0.2) is 44.0 Å². The fourth-order valence-corrected chi connectivity index (χ4v) is 3.08. The molecule has 28 heavy (non-hydrogen) atoms. The van der Waals surface area contributed by atoms with E-state index in [4.69, 9.17) is 10.5 Å². The molecular weight excluding hydrogens is 354 g/mol. The summed E-state index contributed by atoms with van der Waals surface area (Å²) < 4.78 is 4.73. The number of esters is 1. The fourth-order valence-electron chi connectivity index (χ4n) is 3.08. The summed E-state index contributed by atoms with van der Waals surface area (Å²) in [5.74, 6) is -0.368. The molecule has 150 valence electrons. The van der Waals surface area contributed by atoms with Crippen LogP contribution in [0, 0.1) is 0 Å². The van der Waals surface area contributed by atoms with Gasteiger partial charge in [-0.3, -0.25) is 4.79 Å². The molecule has 6 heteroatoms. The molecule has 0 aromatic heterocycles. The smallest absolute Gasteiger partial charge is 0.337 e. The van der Waals surface area contributed by atoms with Gasteiger partial charge in [-0.15, -0.1) is 0 Å². The molecule has 0 saturated carbocycles. The number of nitrogens with two attached hydrogens (primary N) is 1. The first-order valence-corrected chi connectivity index (χ1v) is 9.53.